The van der Waals surface area contributed by atoms with E-state index in [0.29, 0.717) is 69.4 Å². The third-order valence-corrected chi connectivity index (χ3v) is 10.4. The number of nitrogens with one attached hydrogen (secondary N) is 4. The second-order valence-corrected chi connectivity index (χ2v) is 14.5. The molecule has 2 fully saturated rings. The summed E-state index contributed by atoms with van der Waals surface area (Å²) in [6.07, 6.45) is -9.13. The fourth-order valence-electron chi connectivity index (χ4n) is 6.72. The number of hydrogen-bond donors (Lipinski definition) is 4. The standard InChI is InChI=1S/2C20H16ClF3N4O3/c21-17-14-9-11(1-3-13(14)19(30)27-26-17)18(29)25-15-10-12(20(22,23)24)2-4-16(15)28-5-7-31-8-6-28;21-17-13-3-1-11(9-14(13)19(30)27-26-17)18(29)25-15-10-12(20(22,23)24)2-4-16(15)28-5-7-31-8-6-28/h2*1-4,9-10H,5-8H2,(H,25,29)(H,27,30). The summed E-state index contributed by atoms with van der Waals surface area (Å²) in [5.74, 6) is -1.31. The van der Waals surface area contributed by atoms with Crippen LogP contribution in [0.25, 0.3) is 21.5 Å². The van der Waals surface area contributed by atoms with Crippen molar-refractivity contribution in [3.05, 3.63) is 126 Å². The lowest BCUT2D eigenvalue weighted by molar-refractivity contribution is -0.138. The van der Waals surface area contributed by atoms with Gasteiger partial charge in [-0.3, -0.25) is 19.2 Å². The number of carbonyl (C=O) groups excluding carboxylic acids is 2. The molecule has 0 atom stereocenters. The van der Waals surface area contributed by atoms with E-state index in [2.05, 4.69) is 31.0 Å². The zero-order chi connectivity index (χ0) is 44.3. The Morgan fingerprint density at radius 2 is 0.968 bits per heavy atom. The normalized spacial score (nSPS) is 14.6. The Labute approximate surface area is 355 Å². The minimum absolute atomic E-state index is 0.00248. The maximum absolute atomic E-state index is 13.3. The zero-order valence-corrected chi connectivity index (χ0v) is 33.4. The molecular weight excluding hydrogens is 873 g/mol. The summed E-state index contributed by atoms with van der Waals surface area (Å²) in [4.78, 5) is 53.3. The minimum atomic E-state index is -4.57. The number of aromatic amines is 2. The number of benzene rings is 4. The fourth-order valence-corrected chi connectivity index (χ4v) is 7.13. The number of carbonyl (C=O) groups is 2. The third kappa shape index (κ3) is 9.78. The lowest BCUT2D eigenvalue weighted by atomic mass is 10.1. The number of alkyl halides is 6. The third-order valence-electron chi connectivity index (χ3n) is 9.86. The number of rotatable bonds is 6. The highest BCUT2D eigenvalue weighted by molar-refractivity contribution is 6.34. The van der Waals surface area contributed by atoms with Crippen molar-refractivity contribution in [3.8, 4) is 0 Å². The van der Waals surface area contributed by atoms with Crippen molar-refractivity contribution in [2.24, 2.45) is 0 Å². The van der Waals surface area contributed by atoms with Gasteiger partial charge in [0.15, 0.2) is 10.3 Å². The van der Waals surface area contributed by atoms with Crippen molar-refractivity contribution in [1.82, 2.24) is 20.4 Å². The first kappa shape index (κ1) is 43.9. The van der Waals surface area contributed by atoms with Crippen LogP contribution in [0.15, 0.2) is 82.4 Å². The molecule has 4 N–H and O–H groups in total. The molecule has 0 radical (unpaired) electrons. The molecular formula is C40H32Cl2F6N8O6. The first-order valence-corrected chi connectivity index (χ1v) is 19.3. The number of anilines is 4. The maximum atomic E-state index is 13.3. The molecule has 14 nitrogen and oxygen atoms in total. The molecule has 324 valence electrons. The monoisotopic (exact) mass is 904 g/mol. The van der Waals surface area contributed by atoms with Gasteiger partial charge in [-0.15, -0.1) is 0 Å². The second-order valence-electron chi connectivity index (χ2n) is 13.8. The van der Waals surface area contributed by atoms with Crippen LogP contribution in [-0.2, 0) is 21.8 Å². The number of H-pyrrole nitrogens is 2. The topological polar surface area (TPSA) is 175 Å². The van der Waals surface area contributed by atoms with Gasteiger partial charge < -0.3 is 29.9 Å². The summed E-state index contributed by atoms with van der Waals surface area (Å²) in [6, 6.07) is 14.8. The van der Waals surface area contributed by atoms with Gasteiger partial charge in [0.05, 0.1) is 71.1 Å². The SMILES string of the molecule is O=C(Nc1cc(C(F)(F)F)ccc1N1CCOCC1)c1ccc2c(=O)[nH]nc(Cl)c2c1.O=C(Nc1cc(C(F)(F)F)ccc1N1CCOCC1)c1ccc2c(Cl)n[nH]c(=O)c2c1. The maximum Gasteiger partial charge on any atom is 0.416 e. The molecule has 0 saturated carbocycles. The predicted octanol–water partition coefficient (Wildman–Crippen LogP) is 7.37. The lowest BCUT2D eigenvalue weighted by Gasteiger charge is -2.31. The Bertz CT molecular complexity index is 2790. The quantitative estimate of drug-likeness (QED) is 0.124. The van der Waals surface area contributed by atoms with Gasteiger partial charge in [-0.1, -0.05) is 29.3 Å². The van der Waals surface area contributed by atoms with E-state index in [1.807, 2.05) is 9.80 Å². The van der Waals surface area contributed by atoms with E-state index >= 15 is 0 Å². The van der Waals surface area contributed by atoms with Crippen molar-refractivity contribution in [3.63, 3.8) is 0 Å². The number of halogens is 8. The molecule has 0 aliphatic carbocycles. The number of morpholine rings is 2. The Kier molecular flexibility index (Phi) is 12.7. The van der Waals surface area contributed by atoms with Crippen molar-refractivity contribution in [2.45, 2.75) is 12.4 Å². The van der Waals surface area contributed by atoms with Crippen molar-refractivity contribution in [1.29, 1.82) is 0 Å². The molecule has 2 aliphatic heterocycles. The van der Waals surface area contributed by atoms with E-state index in [0.717, 1.165) is 24.3 Å². The van der Waals surface area contributed by atoms with Gasteiger partial charge in [0, 0.05) is 48.1 Å². The Morgan fingerprint density at radius 1 is 0.565 bits per heavy atom. The van der Waals surface area contributed by atoms with Gasteiger partial charge >= 0.3 is 12.4 Å². The number of amides is 2. The molecule has 2 aliphatic rings. The van der Waals surface area contributed by atoms with Crippen molar-refractivity contribution >= 4 is 79.3 Å². The molecule has 2 saturated heterocycles. The van der Waals surface area contributed by atoms with Crippen molar-refractivity contribution in [2.75, 3.05) is 73.0 Å². The van der Waals surface area contributed by atoms with E-state index in [1.165, 1.54) is 48.5 Å². The van der Waals surface area contributed by atoms with Crippen LogP contribution >= 0.6 is 23.2 Å². The Morgan fingerprint density at radius 3 is 1.42 bits per heavy atom. The Hall–Kier alpha value is -6.22. The lowest BCUT2D eigenvalue weighted by Crippen LogP contribution is -2.36. The van der Waals surface area contributed by atoms with Crippen LogP contribution in [0.4, 0.5) is 49.1 Å². The molecule has 4 aromatic carbocycles. The molecule has 0 bridgehead atoms. The number of aromatic nitrogens is 4. The van der Waals surface area contributed by atoms with Crippen LogP contribution < -0.4 is 31.6 Å². The molecule has 8 rings (SSSR count). The Balaban J connectivity index is 0.000000186. The van der Waals surface area contributed by atoms with Gasteiger partial charge in [0.25, 0.3) is 22.9 Å². The molecule has 0 unspecified atom stereocenters. The molecule has 22 heteroatoms. The summed E-state index contributed by atoms with van der Waals surface area (Å²) in [7, 11) is 0. The first-order chi connectivity index (χ1) is 29.5. The van der Waals surface area contributed by atoms with Crippen LogP contribution in [0.2, 0.25) is 10.3 Å². The average molecular weight is 906 g/mol. The van der Waals surface area contributed by atoms with Gasteiger partial charge in [-0.05, 0) is 66.7 Å². The molecule has 62 heavy (non-hydrogen) atoms. The molecule has 6 aromatic rings. The van der Waals surface area contributed by atoms with Crippen LogP contribution in [-0.4, -0.2) is 84.8 Å². The van der Waals surface area contributed by atoms with Crippen LogP contribution in [0.3, 0.4) is 0 Å². The van der Waals surface area contributed by atoms with E-state index < -0.39 is 46.4 Å². The highest BCUT2D eigenvalue weighted by atomic mass is 35.5. The van der Waals surface area contributed by atoms with Crippen LogP contribution in [0, 0.1) is 0 Å². The largest absolute Gasteiger partial charge is 0.416 e. The summed E-state index contributed by atoms with van der Waals surface area (Å²) in [5, 5.41) is 17.9. The number of fused-ring (bicyclic) bond motifs is 2. The predicted molar refractivity (Wildman–Crippen MR) is 220 cm³/mol. The number of hydrogen-bond acceptors (Lipinski definition) is 10. The summed E-state index contributed by atoms with van der Waals surface area (Å²) in [6.45, 7) is 3.63. The van der Waals surface area contributed by atoms with E-state index in [4.69, 9.17) is 32.7 Å². The minimum Gasteiger partial charge on any atom is -0.378 e. The molecule has 2 amide bonds. The number of nitrogens with zero attached hydrogens (tertiary/aromatic N) is 4. The fraction of sp³-hybridized carbons (Fsp3) is 0.250. The van der Waals surface area contributed by atoms with E-state index in [9.17, 15) is 45.5 Å². The summed E-state index contributed by atoms with van der Waals surface area (Å²) >= 11 is 12.0. The summed E-state index contributed by atoms with van der Waals surface area (Å²) in [5.41, 5.74) is -1.61. The number of ether oxygens (including phenoxy) is 2. The van der Waals surface area contributed by atoms with Crippen molar-refractivity contribution < 1.29 is 45.4 Å². The first-order valence-electron chi connectivity index (χ1n) is 18.5. The summed E-state index contributed by atoms with van der Waals surface area (Å²) < 4.78 is 90.1. The smallest absolute Gasteiger partial charge is 0.378 e. The molecule has 0 spiro atoms. The van der Waals surface area contributed by atoms with Gasteiger partial charge in [0.1, 0.15) is 0 Å². The second kappa shape index (κ2) is 18.0. The van der Waals surface area contributed by atoms with E-state index in [-0.39, 0.29) is 49.0 Å². The molecule has 4 heterocycles. The molecule has 2 aromatic heterocycles. The highest BCUT2D eigenvalue weighted by Gasteiger charge is 2.33. The van der Waals surface area contributed by atoms with Crippen LogP contribution in [0.5, 0.6) is 0 Å². The van der Waals surface area contributed by atoms with Gasteiger partial charge in [-0.25, -0.2) is 10.2 Å². The van der Waals surface area contributed by atoms with E-state index in [1.54, 1.807) is 0 Å². The average Bonchev–Trinajstić information content (AvgIpc) is 3.26. The zero-order valence-electron chi connectivity index (χ0n) is 31.8. The van der Waals surface area contributed by atoms with Crippen LogP contribution in [0.1, 0.15) is 31.8 Å². The highest BCUT2D eigenvalue weighted by Crippen LogP contribution is 2.38. The van der Waals surface area contributed by atoms with Gasteiger partial charge in [0.2, 0.25) is 0 Å². The van der Waals surface area contributed by atoms with Gasteiger partial charge in [-0.2, -0.15) is 36.5 Å².